The van der Waals surface area contributed by atoms with Gasteiger partial charge in [-0.25, -0.2) is 4.98 Å². The van der Waals surface area contributed by atoms with Crippen LogP contribution in [0.1, 0.15) is 5.56 Å². The van der Waals surface area contributed by atoms with Gasteiger partial charge >= 0.3 is 0 Å². The van der Waals surface area contributed by atoms with E-state index in [1.165, 1.54) is 0 Å². The highest BCUT2D eigenvalue weighted by Gasteiger charge is 2.16. The molecule has 0 atom stereocenters. The lowest BCUT2D eigenvalue weighted by molar-refractivity contribution is 0.415. The minimum atomic E-state index is 0.561. The fourth-order valence-corrected chi connectivity index (χ4v) is 3.17. The molecule has 2 heterocycles. The Morgan fingerprint density at radius 1 is 1.17 bits per heavy atom. The average Bonchev–Trinajstić information content (AvgIpc) is 3.24. The first-order valence-corrected chi connectivity index (χ1v) is 8.05. The van der Waals surface area contributed by atoms with Crippen LogP contribution in [0.4, 0.5) is 0 Å². The molecule has 0 aliphatic carbocycles. The molecule has 2 aromatic heterocycles. The smallest absolute Gasteiger partial charge is 0.227 e. The summed E-state index contributed by atoms with van der Waals surface area (Å²) in [6.45, 7) is 2.02. The van der Waals surface area contributed by atoms with Crippen molar-refractivity contribution in [2.24, 2.45) is 0 Å². The molecule has 0 saturated carbocycles. The normalized spacial score (nSPS) is 11.1. The highest BCUT2D eigenvalue weighted by Crippen LogP contribution is 2.34. The van der Waals surface area contributed by atoms with Crippen LogP contribution in [0.2, 0.25) is 0 Å². The van der Waals surface area contributed by atoms with Crippen LogP contribution in [0.15, 0.2) is 51.9 Å². The number of nitrogens with zero attached hydrogens (tertiary/aromatic N) is 4. The summed E-state index contributed by atoms with van der Waals surface area (Å²) in [6, 6.07) is 9.66. The molecule has 0 bridgehead atoms. The van der Waals surface area contributed by atoms with E-state index in [2.05, 4.69) is 31.1 Å². The number of hydrogen-bond donors (Lipinski definition) is 0. The third kappa shape index (κ3) is 2.37. The van der Waals surface area contributed by atoms with E-state index in [0.717, 1.165) is 32.6 Å². The van der Waals surface area contributed by atoms with Crippen LogP contribution in [0.25, 0.3) is 28.2 Å². The zero-order chi connectivity index (χ0) is 16.7. The van der Waals surface area contributed by atoms with E-state index in [-0.39, 0.29) is 0 Å². The minimum Gasteiger partial charge on any atom is -0.497 e. The Labute approximate surface area is 146 Å². The van der Waals surface area contributed by atoms with Crippen LogP contribution < -0.4 is 4.74 Å². The number of oxazole rings is 1. The van der Waals surface area contributed by atoms with Gasteiger partial charge in [0.2, 0.25) is 5.89 Å². The van der Waals surface area contributed by atoms with E-state index in [9.17, 15) is 0 Å². The second-order valence-corrected chi connectivity index (χ2v) is 6.15. The number of fused-ring (bicyclic) bond motifs is 1. The molecule has 0 saturated heterocycles. The molecule has 0 aliphatic heterocycles. The number of ether oxygens (including phenoxy) is 1. The van der Waals surface area contributed by atoms with Crippen molar-refractivity contribution in [2.75, 3.05) is 7.11 Å². The highest BCUT2D eigenvalue weighted by molar-refractivity contribution is 9.10. The first-order valence-electron chi connectivity index (χ1n) is 7.26. The molecule has 24 heavy (non-hydrogen) atoms. The van der Waals surface area contributed by atoms with Crippen molar-refractivity contribution in [3.63, 3.8) is 0 Å². The van der Waals surface area contributed by atoms with Gasteiger partial charge in [-0.1, -0.05) is 6.07 Å². The standard InChI is InChI=1S/C17H13BrN4O2/c1-10-12(4-3-5-15(10)22-8-19-20-9-22)17-21-14-7-11(23-2)6-13(18)16(14)24-17/h3-9H,1-2H3. The van der Waals surface area contributed by atoms with Crippen molar-refractivity contribution in [3.8, 4) is 22.9 Å². The predicted molar refractivity (Wildman–Crippen MR) is 93.4 cm³/mol. The van der Waals surface area contributed by atoms with Crippen LogP contribution in [0.3, 0.4) is 0 Å². The van der Waals surface area contributed by atoms with E-state index in [4.69, 9.17) is 9.15 Å². The van der Waals surface area contributed by atoms with Crippen LogP contribution in [0.5, 0.6) is 5.75 Å². The number of methoxy groups -OCH3 is 1. The maximum absolute atomic E-state index is 5.98. The quantitative estimate of drug-likeness (QED) is 0.530. The van der Waals surface area contributed by atoms with Crippen molar-refractivity contribution < 1.29 is 9.15 Å². The molecule has 0 spiro atoms. The Bertz CT molecular complexity index is 1020. The summed E-state index contributed by atoms with van der Waals surface area (Å²) < 4.78 is 13.9. The van der Waals surface area contributed by atoms with Crippen LogP contribution in [-0.4, -0.2) is 26.9 Å². The molecule has 0 N–H and O–H groups in total. The lowest BCUT2D eigenvalue weighted by atomic mass is 10.1. The molecule has 120 valence electrons. The van der Waals surface area contributed by atoms with Crippen LogP contribution in [0, 0.1) is 6.92 Å². The Hall–Kier alpha value is -2.67. The van der Waals surface area contributed by atoms with Gasteiger partial charge in [-0.05, 0) is 46.6 Å². The maximum atomic E-state index is 5.98. The number of aromatic nitrogens is 4. The second-order valence-electron chi connectivity index (χ2n) is 5.30. The average molecular weight is 385 g/mol. The Kier molecular flexibility index (Phi) is 3.57. The van der Waals surface area contributed by atoms with E-state index in [1.807, 2.05) is 41.8 Å². The molecule has 4 rings (SSSR count). The summed E-state index contributed by atoms with van der Waals surface area (Å²) in [4.78, 5) is 4.62. The number of hydrogen-bond acceptors (Lipinski definition) is 5. The lowest BCUT2D eigenvalue weighted by Gasteiger charge is -2.08. The number of benzene rings is 2. The molecule has 0 fully saturated rings. The Morgan fingerprint density at radius 3 is 2.71 bits per heavy atom. The first-order chi connectivity index (χ1) is 11.7. The summed E-state index contributed by atoms with van der Waals surface area (Å²) in [5.74, 6) is 1.29. The molecule has 4 aromatic rings. The summed E-state index contributed by atoms with van der Waals surface area (Å²) >= 11 is 3.50. The molecular weight excluding hydrogens is 372 g/mol. The van der Waals surface area contributed by atoms with E-state index in [0.29, 0.717) is 11.5 Å². The molecule has 0 amide bonds. The lowest BCUT2D eigenvalue weighted by Crippen LogP contribution is -1.96. The Morgan fingerprint density at radius 2 is 1.96 bits per heavy atom. The first kappa shape index (κ1) is 14.9. The molecule has 2 aromatic carbocycles. The van der Waals surface area contributed by atoms with E-state index in [1.54, 1.807) is 19.8 Å². The van der Waals surface area contributed by atoms with Crippen molar-refractivity contribution >= 4 is 27.0 Å². The Balaban J connectivity index is 1.89. The SMILES string of the molecule is COc1cc(Br)c2oc(-c3cccc(-n4cnnc4)c3C)nc2c1. The maximum Gasteiger partial charge on any atom is 0.227 e. The van der Waals surface area contributed by atoms with E-state index >= 15 is 0 Å². The molecule has 0 unspecified atom stereocenters. The molecule has 0 radical (unpaired) electrons. The number of rotatable bonds is 3. The van der Waals surface area contributed by atoms with Gasteiger partial charge in [0.1, 0.15) is 23.9 Å². The van der Waals surface area contributed by atoms with Gasteiger partial charge in [-0.2, -0.15) is 0 Å². The second kappa shape index (κ2) is 5.76. The monoisotopic (exact) mass is 384 g/mol. The summed E-state index contributed by atoms with van der Waals surface area (Å²) in [5, 5.41) is 7.72. The van der Waals surface area contributed by atoms with E-state index < -0.39 is 0 Å². The van der Waals surface area contributed by atoms with Crippen molar-refractivity contribution in [2.45, 2.75) is 6.92 Å². The topological polar surface area (TPSA) is 66.0 Å². The van der Waals surface area contributed by atoms with Gasteiger partial charge in [0.05, 0.1) is 17.3 Å². The van der Waals surface area contributed by atoms with Gasteiger partial charge < -0.3 is 9.15 Å². The van der Waals surface area contributed by atoms with Crippen molar-refractivity contribution in [1.82, 2.24) is 19.7 Å². The zero-order valence-corrected chi connectivity index (χ0v) is 14.6. The summed E-state index contributed by atoms with van der Waals surface area (Å²) in [7, 11) is 1.63. The van der Waals surface area contributed by atoms with Gasteiger partial charge in [-0.3, -0.25) is 4.57 Å². The zero-order valence-electron chi connectivity index (χ0n) is 13.0. The third-order valence-corrected chi connectivity index (χ3v) is 4.48. The molecular formula is C17H13BrN4O2. The van der Waals surface area contributed by atoms with Gasteiger partial charge in [-0.15, -0.1) is 10.2 Å². The molecule has 7 heteroatoms. The predicted octanol–water partition coefficient (Wildman–Crippen LogP) is 4.16. The fourth-order valence-electron chi connectivity index (χ4n) is 2.66. The van der Waals surface area contributed by atoms with Crippen LogP contribution in [-0.2, 0) is 0 Å². The van der Waals surface area contributed by atoms with Gasteiger partial charge in [0, 0.05) is 11.6 Å². The number of halogens is 1. The minimum absolute atomic E-state index is 0.561. The van der Waals surface area contributed by atoms with Crippen molar-refractivity contribution in [3.05, 3.63) is 53.0 Å². The fraction of sp³-hybridized carbons (Fsp3) is 0.118. The van der Waals surface area contributed by atoms with Crippen molar-refractivity contribution in [1.29, 1.82) is 0 Å². The highest BCUT2D eigenvalue weighted by atomic mass is 79.9. The van der Waals surface area contributed by atoms with Gasteiger partial charge in [0.25, 0.3) is 0 Å². The van der Waals surface area contributed by atoms with Gasteiger partial charge in [0.15, 0.2) is 5.58 Å². The van der Waals surface area contributed by atoms with Crippen LogP contribution >= 0.6 is 15.9 Å². The largest absolute Gasteiger partial charge is 0.497 e. The summed E-state index contributed by atoms with van der Waals surface area (Å²) in [6.07, 6.45) is 3.33. The molecule has 6 nitrogen and oxygen atoms in total. The summed E-state index contributed by atoms with van der Waals surface area (Å²) in [5.41, 5.74) is 4.37. The molecule has 0 aliphatic rings. The third-order valence-electron chi connectivity index (χ3n) is 3.89.